The highest BCUT2D eigenvalue weighted by Crippen LogP contribution is 2.27. The van der Waals surface area contributed by atoms with E-state index in [1.54, 1.807) is 6.07 Å². The second-order valence-electron chi connectivity index (χ2n) is 7.36. The molecule has 1 N–H and O–H groups in total. The highest BCUT2D eigenvalue weighted by molar-refractivity contribution is 5.65. The van der Waals surface area contributed by atoms with E-state index in [1.807, 2.05) is 30.3 Å². The number of hydrogen-bond acceptors (Lipinski definition) is 6. The van der Waals surface area contributed by atoms with Crippen LogP contribution in [0, 0.1) is 10.1 Å². The Morgan fingerprint density at radius 2 is 1.77 bits per heavy atom. The highest BCUT2D eigenvalue weighted by atomic mass is 16.6. The molecule has 2 heterocycles. The van der Waals surface area contributed by atoms with E-state index in [9.17, 15) is 10.1 Å². The lowest BCUT2D eigenvalue weighted by atomic mass is 10.1. The van der Waals surface area contributed by atoms with Crippen LogP contribution >= 0.6 is 0 Å². The topological polar surface area (TPSA) is 80.5 Å². The van der Waals surface area contributed by atoms with Crippen molar-refractivity contribution >= 4 is 17.2 Å². The Labute approximate surface area is 175 Å². The molecule has 0 bridgehead atoms. The van der Waals surface area contributed by atoms with Crippen LogP contribution in [0.3, 0.4) is 0 Å². The van der Waals surface area contributed by atoms with E-state index in [0.29, 0.717) is 0 Å². The van der Waals surface area contributed by atoms with Crippen molar-refractivity contribution in [2.24, 2.45) is 0 Å². The standard InChI is InChI=1S/C23H24N4O3/c28-27(29)22-7-4-14-24-23(22)25-19-8-10-20(11-9-19)30-21-12-15-26(16-13-21)17-18-5-2-1-3-6-18/h1-11,14,21H,12-13,15-17H2,(H,24,25). The van der Waals surface area contributed by atoms with E-state index < -0.39 is 4.92 Å². The van der Waals surface area contributed by atoms with E-state index in [0.717, 1.165) is 43.9 Å². The third-order valence-corrected chi connectivity index (χ3v) is 5.19. The predicted molar refractivity (Wildman–Crippen MR) is 116 cm³/mol. The van der Waals surface area contributed by atoms with Crippen LogP contribution in [-0.2, 0) is 6.54 Å². The van der Waals surface area contributed by atoms with Gasteiger partial charge in [-0.25, -0.2) is 4.98 Å². The summed E-state index contributed by atoms with van der Waals surface area (Å²) in [6.07, 6.45) is 3.71. The van der Waals surface area contributed by atoms with Gasteiger partial charge in [0.15, 0.2) is 0 Å². The number of anilines is 2. The second kappa shape index (κ2) is 9.37. The van der Waals surface area contributed by atoms with Crippen LogP contribution in [0.2, 0.25) is 0 Å². The highest BCUT2D eigenvalue weighted by Gasteiger charge is 2.20. The first-order valence-corrected chi connectivity index (χ1v) is 10.1. The summed E-state index contributed by atoms with van der Waals surface area (Å²) in [5.74, 6) is 1.03. The van der Waals surface area contributed by atoms with Gasteiger partial charge in [-0.05, 0) is 48.7 Å². The summed E-state index contributed by atoms with van der Waals surface area (Å²) in [6, 6.07) is 21.0. The molecule has 1 aromatic heterocycles. The molecule has 154 valence electrons. The summed E-state index contributed by atoms with van der Waals surface area (Å²) in [5.41, 5.74) is 2.01. The third-order valence-electron chi connectivity index (χ3n) is 5.19. The normalized spacial score (nSPS) is 14.9. The van der Waals surface area contributed by atoms with E-state index >= 15 is 0 Å². The van der Waals surface area contributed by atoms with Crippen LogP contribution in [0.1, 0.15) is 18.4 Å². The van der Waals surface area contributed by atoms with Crippen LogP contribution in [0.15, 0.2) is 72.9 Å². The van der Waals surface area contributed by atoms with Crippen molar-refractivity contribution in [3.8, 4) is 5.75 Å². The first-order chi connectivity index (χ1) is 14.7. The van der Waals surface area contributed by atoms with Gasteiger partial charge in [-0.15, -0.1) is 0 Å². The van der Waals surface area contributed by atoms with E-state index in [1.165, 1.54) is 17.8 Å². The summed E-state index contributed by atoms with van der Waals surface area (Å²) >= 11 is 0. The molecule has 1 saturated heterocycles. The Bertz CT molecular complexity index is 971. The fraction of sp³-hybridized carbons (Fsp3) is 0.261. The van der Waals surface area contributed by atoms with Crippen LogP contribution < -0.4 is 10.1 Å². The van der Waals surface area contributed by atoms with Crippen molar-refractivity contribution in [2.45, 2.75) is 25.5 Å². The SMILES string of the molecule is O=[N+]([O-])c1cccnc1Nc1ccc(OC2CCN(Cc3ccccc3)CC2)cc1. The molecule has 30 heavy (non-hydrogen) atoms. The molecule has 7 heteroatoms. The molecule has 7 nitrogen and oxygen atoms in total. The Balaban J connectivity index is 1.29. The number of pyridine rings is 1. The predicted octanol–water partition coefficient (Wildman–Crippen LogP) is 4.78. The van der Waals surface area contributed by atoms with E-state index in [-0.39, 0.29) is 17.6 Å². The Morgan fingerprint density at radius 3 is 2.47 bits per heavy atom. The largest absolute Gasteiger partial charge is 0.490 e. The number of ether oxygens (including phenoxy) is 1. The van der Waals surface area contributed by atoms with Crippen LogP contribution in [-0.4, -0.2) is 34.0 Å². The number of hydrogen-bond donors (Lipinski definition) is 1. The smallest absolute Gasteiger partial charge is 0.311 e. The maximum atomic E-state index is 11.1. The van der Waals surface area contributed by atoms with Crippen molar-refractivity contribution in [1.82, 2.24) is 9.88 Å². The molecule has 0 aliphatic carbocycles. The van der Waals surface area contributed by atoms with Crippen molar-refractivity contribution in [3.63, 3.8) is 0 Å². The number of rotatable bonds is 7. The minimum atomic E-state index is -0.447. The van der Waals surface area contributed by atoms with Crippen LogP contribution in [0.4, 0.5) is 17.2 Å². The summed E-state index contributed by atoms with van der Waals surface area (Å²) < 4.78 is 6.14. The first-order valence-electron chi connectivity index (χ1n) is 10.1. The van der Waals surface area contributed by atoms with Crippen molar-refractivity contribution in [3.05, 3.63) is 88.6 Å². The lowest BCUT2D eigenvalue weighted by Gasteiger charge is -2.32. The summed E-state index contributed by atoms with van der Waals surface area (Å²) in [4.78, 5) is 17.2. The van der Waals surface area contributed by atoms with Crippen molar-refractivity contribution < 1.29 is 9.66 Å². The van der Waals surface area contributed by atoms with Gasteiger partial charge in [-0.2, -0.15) is 0 Å². The molecule has 0 saturated carbocycles. The Kier molecular flexibility index (Phi) is 6.20. The number of benzene rings is 2. The number of aromatic nitrogens is 1. The van der Waals surface area contributed by atoms with Gasteiger partial charge >= 0.3 is 5.69 Å². The zero-order chi connectivity index (χ0) is 20.8. The minimum Gasteiger partial charge on any atom is -0.490 e. The van der Waals surface area contributed by atoms with Crippen molar-refractivity contribution in [2.75, 3.05) is 18.4 Å². The lowest BCUT2D eigenvalue weighted by Crippen LogP contribution is -2.37. The Hall–Kier alpha value is -3.45. The fourth-order valence-corrected chi connectivity index (χ4v) is 3.61. The number of nitrogens with zero attached hydrogens (tertiary/aromatic N) is 3. The second-order valence-corrected chi connectivity index (χ2v) is 7.36. The van der Waals surface area contributed by atoms with Crippen LogP contribution in [0.25, 0.3) is 0 Å². The van der Waals surface area contributed by atoms with Gasteiger partial charge in [0, 0.05) is 37.6 Å². The minimum absolute atomic E-state index is 0.0555. The van der Waals surface area contributed by atoms with E-state index in [4.69, 9.17) is 4.74 Å². The molecule has 0 atom stereocenters. The lowest BCUT2D eigenvalue weighted by molar-refractivity contribution is -0.384. The molecule has 1 aliphatic rings. The molecular formula is C23H24N4O3. The maximum absolute atomic E-state index is 11.1. The zero-order valence-corrected chi connectivity index (χ0v) is 16.6. The molecule has 3 aromatic rings. The number of nitrogens with one attached hydrogen (secondary N) is 1. The number of nitro groups is 1. The maximum Gasteiger partial charge on any atom is 0.311 e. The summed E-state index contributed by atoms with van der Waals surface area (Å²) in [6.45, 7) is 3.01. The molecule has 0 radical (unpaired) electrons. The zero-order valence-electron chi connectivity index (χ0n) is 16.6. The third kappa shape index (κ3) is 5.12. The van der Waals surface area contributed by atoms with Gasteiger partial charge in [0.05, 0.1) is 4.92 Å². The average molecular weight is 404 g/mol. The van der Waals surface area contributed by atoms with E-state index in [2.05, 4.69) is 39.5 Å². The fourth-order valence-electron chi connectivity index (χ4n) is 3.61. The van der Waals surface area contributed by atoms with Gasteiger partial charge in [0.1, 0.15) is 11.9 Å². The molecule has 2 aromatic carbocycles. The summed E-state index contributed by atoms with van der Waals surface area (Å²) in [7, 11) is 0. The number of piperidine rings is 1. The van der Waals surface area contributed by atoms with Gasteiger partial charge in [0.25, 0.3) is 0 Å². The average Bonchev–Trinajstić information content (AvgIpc) is 2.77. The molecule has 1 fully saturated rings. The molecule has 4 rings (SSSR count). The van der Waals surface area contributed by atoms with Gasteiger partial charge in [0.2, 0.25) is 5.82 Å². The quantitative estimate of drug-likeness (QED) is 0.451. The van der Waals surface area contributed by atoms with Crippen LogP contribution in [0.5, 0.6) is 5.75 Å². The molecule has 1 aliphatic heterocycles. The molecular weight excluding hydrogens is 380 g/mol. The number of likely N-dealkylation sites (tertiary alicyclic amines) is 1. The molecule has 0 amide bonds. The Morgan fingerprint density at radius 1 is 1.03 bits per heavy atom. The first kappa shape index (κ1) is 19.8. The van der Waals surface area contributed by atoms with Gasteiger partial charge < -0.3 is 10.1 Å². The van der Waals surface area contributed by atoms with Gasteiger partial charge in [-0.1, -0.05) is 30.3 Å². The van der Waals surface area contributed by atoms with Crippen molar-refractivity contribution in [1.29, 1.82) is 0 Å². The molecule has 0 unspecified atom stereocenters. The summed E-state index contributed by atoms with van der Waals surface area (Å²) in [5, 5.41) is 14.1. The van der Waals surface area contributed by atoms with Gasteiger partial charge in [-0.3, -0.25) is 15.0 Å². The molecule has 0 spiro atoms. The monoisotopic (exact) mass is 404 g/mol.